The molecule has 0 aliphatic carbocycles. The van der Waals surface area contributed by atoms with Gasteiger partial charge in [0, 0.05) is 13.5 Å². The Labute approximate surface area is 113 Å². The Bertz CT molecular complexity index is 366. The largest absolute Gasteiger partial charge is 0.466 e. The maximum absolute atomic E-state index is 11.8. The number of rotatable bonds is 6. The average Bonchev–Trinajstić information content (AvgIpc) is 2.54. The first kappa shape index (κ1) is 15.5. The monoisotopic (exact) mass is 271 g/mol. The number of esters is 1. The summed E-state index contributed by atoms with van der Waals surface area (Å²) in [6.45, 7) is 5.87. The van der Waals surface area contributed by atoms with Gasteiger partial charge in [0.2, 0.25) is 0 Å². The first-order valence-electron chi connectivity index (χ1n) is 6.47. The summed E-state index contributed by atoms with van der Waals surface area (Å²) in [5.74, 6) is -0.625. The van der Waals surface area contributed by atoms with Crippen LogP contribution in [0.25, 0.3) is 0 Å². The first-order chi connectivity index (χ1) is 8.86. The smallest absolute Gasteiger partial charge is 0.410 e. The van der Waals surface area contributed by atoms with Crippen molar-refractivity contribution in [1.82, 2.24) is 4.90 Å². The molecular weight excluding hydrogens is 250 g/mol. The lowest BCUT2D eigenvalue weighted by atomic mass is 9.94. The van der Waals surface area contributed by atoms with Gasteiger partial charge in [-0.05, 0) is 12.8 Å². The molecule has 0 unspecified atom stereocenters. The van der Waals surface area contributed by atoms with Crippen LogP contribution in [0.5, 0.6) is 0 Å². The van der Waals surface area contributed by atoms with Crippen molar-refractivity contribution in [3.8, 4) is 0 Å². The molecule has 0 aromatic carbocycles. The molecule has 0 radical (unpaired) electrons. The maximum atomic E-state index is 11.8. The van der Waals surface area contributed by atoms with Gasteiger partial charge in [0.05, 0.1) is 12.6 Å². The normalized spacial score (nSPS) is 22.6. The van der Waals surface area contributed by atoms with Crippen LogP contribution < -0.4 is 0 Å². The molecule has 1 fully saturated rings. The number of ketones is 1. The van der Waals surface area contributed by atoms with Crippen molar-refractivity contribution in [2.75, 3.05) is 13.7 Å². The van der Waals surface area contributed by atoms with E-state index in [2.05, 4.69) is 0 Å². The van der Waals surface area contributed by atoms with Gasteiger partial charge in [0.15, 0.2) is 0 Å². The Morgan fingerprint density at radius 3 is 2.58 bits per heavy atom. The van der Waals surface area contributed by atoms with Crippen LogP contribution in [0, 0.1) is 5.92 Å². The molecule has 0 aromatic heterocycles. The second-order valence-corrected chi connectivity index (χ2v) is 4.99. The molecule has 2 atom stereocenters. The summed E-state index contributed by atoms with van der Waals surface area (Å²) in [4.78, 5) is 36.0. The summed E-state index contributed by atoms with van der Waals surface area (Å²) in [6.07, 6.45) is -1.12. The summed E-state index contributed by atoms with van der Waals surface area (Å²) < 4.78 is 9.89. The van der Waals surface area contributed by atoms with E-state index in [9.17, 15) is 14.4 Å². The lowest BCUT2D eigenvalue weighted by molar-refractivity contribution is -0.145. The number of Topliss-reactive ketones (excluding diaryl/α,β-unsaturated/α-hetero) is 1. The van der Waals surface area contributed by atoms with Gasteiger partial charge in [0.25, 0.3) is 0 Å². The zero-order chi connectivity index (χ0) is 14.6. The van der Waals surface area contributed by atoms with Crippen LogP contribution in [-0.4, -0.2) is 48.5 Å². The Kier molecular flexibility index (Phi) is 5.32. The average molecular weight is 271 g/mol. The van der Waals surface area contributed by atoms with Crippen molar-refractivity contribution >= 4 is 17.8 Å². The van der Waals surface area contributed by atoms with Crippen molar-refractivity contribution in [2.45, 2.75) is 45.8 Å². The van der Waals surface area contributed by atoms with Crippen LogP contribution in [0.1, 0.15) is 33.6 Å². The molecule has 1 amide bonds. The van der Waals surface area contributed by atoms with E-state index < -0.39 is 18.2 Å². The first-order valence-corrected chi connectivity index (χ1v) is 6.47. The van der Waals surface area contributed by atoms with E-state index in [1.165, 1.54) is 4.90 Å². The molecule has 6 nitrogen and oxygen atoms in total. The number of amides is 1. The predicted molar refractivity (Wildman–Crippen MR) is 67.5 cm³/mol. The maximum Gasteiger partial charge on any atom is 0.410 e. The number of carbonyl (C=O) groups is 3. The number of ether oxygens (including phenoxy) is 2. The van der Waals surface area contributed by atoms with Gasteiger partial charge in [-0.2, -0.15) is 0 Å². The topological polar surface area (TPSA) is 72.9 Å². The third-order valence-corrected chi connectivity index (χ3v) is 3.13. The minimum atomic E-state index is -0.536. The quantitative estimate of drug-likeness (QED) is 0.539. The predicted octanol–water partition coefficient (Wildman–Crippen LogP) is 1.37. The van der Waals surface area contributed by atoms with Crippen LogP contribution in [0.2, 0.25) is 0 Å². The molecule has 0 N–H and O–H groups in total. The van der Waals surface area contributed by atoms with Crippen molar-refractivity contribution in [3.05, 3.63) is 0 Å². The number of hydrogen-bond acceptors (Lipinski definition) is 5. The number of hydrogen-bond donors (Lipinski definition) is 0. The van der Waals surface area contributed by atoms with E-state index >= 15 is 0 Å². The highest BCUT2D eigenvalue weighted by Crippen LogP contribution is 2.26. The summed E-state index contributed by atoms with van der Waals surface area (Å²) in [5, 5.41) is 0. The molecule has 1 rings (SSSR count). The van der Waals surface area contributed by atoms with Crippen LogP contribution in [0.4, 0.5) is 4.79 Å². The number of carbonyl (C=O) groups excluding carboxylic acids is 3. The summed E-state index contributed by atoms with van der Waals surface area (Å²) in [7, 11) is 1.66. The second-order valence-electron chi connectivity index (χ2n) is 4.99. The van der Waals surface area contributed by atoms with Crippen molar-refractivity contribution in [2.24, 2.45) is 5.92 Å². The molecule has 0 saturated carbocycles. The van der Waals surface area contributed by atoms with E-state index in [4.69, 9.17) is 9.47 Å². The van der Waals surface area contributed by atoms with E-state index in [1.807, 2.05) is 13.8 Å². The molecule has 1 saturated heterocycles. The summed E-state index contributed by atoms with van der Waals surface area (Å²) >= 11 is 0. The van der Waals surface area contributed by atoms with E-state index in [0.717, 1.165) is 0 Å². The molecule has 0 spiro atoms. The van der Waals surface area contributed by atoms with Gasteiger partial charge >= 0.3 is 12.1 Å². The Balaban J connectivity index is 2.58. The lowest BCUT2D eigenvalue weighted by Gasteiger charge is -2.24. The van der Waals surface area contributed by atoms with E-state index in [-0.39, 0.29) is 37.2 Å². The second kappa shape index (κ2) is 6.54. The molecular formula is C13H21NO5. The lowest BCUT2D eigenvalue weighted by Crippen LogP contribution is -2.39. The Morgan fingerprint density at radius 2 is 2.05 bits per heavy atom. The highest BCUT2D eigenvalue weighted by molar-refractivity contribution is 5.96. The fraction of sp³-hybridized carbons (Fsp3) is 0.769. The minimum Gasteiger partial charge on any atom is -0.466 e. The molecule has 1 aliphatic rings. The van der Waals surface area contributed by atoms with Gasteiger partial charge in [-0.3, -0.25) is 9.59 Å². The zero-order valence-corrected chi connectivity index (χ0v) is 11.8. The van der Waals surface area contributed by atoms with E-state index in [1.54, 1.807) is 14.0 Å². The van der Waals surface area contributed by atoms with Crippen LogP contribution >= 0.6 is 0 Å². The van der Waals surface area contributed by atoms with Crippen molar-refractivity contribution in [1.29, 1.82) is 0 Å². The highest BCUT2D eigenvalue weighted by atomic mass is 16.6. The van der Waals surface area contributed by atoms with Gasteiger partial charge < -0.3 is 14.4 Å². The molecule has 19 heavy (non-hydrogen) atoms. The highest BCUT2D eigenvalue weighted by Gasteiger charge is 2.42. The Hall–Kier alpha value is -1.59. The summed E-state index contributed by atoms with van der Waals surface area (Å²) in [5.41, 5.74) is 0. The molecule has 1 heterocycles. The Morgan fingerprint density at radius 1 is 1.42 bits per heavy atom. The van der Waals surface area contributed by atoms with E-state index in [0.29, 0.717) is 0 Å². The molecule has 0 aromatic rings. The third kappa shape index (κ3) is 3.94. The van der Waals surface area contributed by atoms with Crippen LogP contribution in [0.3, 0.4) is 0 Å². The number of likely N-dealkylation sites (N-methyl/N-ethyl adjacent to an activating group) is 1. The molecule has 6 heteroatoms. The van der Waals surface area contributed by atoms with Gasteiger partial charge in [-0.1, -0.05) is 13.8 Å². The standard InChI is InChI=1S/C13H21NO5/c1-5-18-11(16)7-9(15)6-10-12(8(2)3)14(4)13(17)19-10/h8,10,12H,5-7H2,1-4H3/t10-,12-/m1/s1. The number of cyclic esters (lactones) is 1. The van der Waals surface area contributed by atoms with Gasteiger partial charge in [-0.25, -0.2) is 4.79 Å². The van der Waals surface area contributed by atoms with Crippen molar-refractivity contribution in [3.63, 3.8) is 0 Å². The van der Waals surface area contributed by atoms with Crippen molar-refractivity contribution < 1.29 is 23.9 Å². The van der Waals surface area contributed by atoms with Gasteiger partial charge in [0.1, 0.15) is 18.3 Å². The minimum absolute atomic E-state index is 0.0533. The van der Waals surface area contributed by atoms with Crippen LogP contribution in [-0.2, 0) is 19.1 Å². The molecule has 1 aliphatic heterocycles. The molecule has 0 bridgehead atoms. The van der Waals surface area contributed by atoms with Crippen LogP contribution in [0.15, 0.2) is 0 Å². The fourth-order valence-corrected chi connectivity index (χ4v) is 2.36. The number of nitrogens with zero attached hydrogens (tertiary/aromatic N) is 1. The zero-order valence-electron chi connectivity index (χ0n) is 11.8. The third-order valence-electron chi connectivity index (χ3n) is 3.13. The fourth-order valence-electron chi connectivity index (χ4n) is 2.36. The SMILES string of the molecule is CCOC(=O)CC(=O)C[C@H]1OC(=O)N(C)[C@@H]1C(C)C. The molecule has 108 valence electrons. The summed E-state index contributed by atoms with van der Waals surface area (Å²) in [6, 6.07) is -0.140. The van der Waals surface area contributed by atoms with Gasteiger partial charge in [-0.15, -0.1) is 0 Å².